The van der Waals surface area contributed by atoms with Crippen molar-refractivity contribution in [2.45, 2.75) is 20.0 Å². The molecule has 2 aromatic carbocycles. The minimum Gasteiger partial charge on any atom is -0.350 e. The molecule has 0 radical (unpaired) electrons. The minimum absolute atomic E-state index is 0.153. The number of halogens is 1. The third kappa shape index (κ3) is 3.95. The van der Waals surface area contributed by atoms with Gasteiger partial charge in [-0.05, 0) is 29.7 Å². The fraction of sp³-hybridized carbons (Fsp3) is 0.136. The minimum atomic E-state index is -0.342. The lowest BCUT2D eigenvalue weighted by molar-refractivity contribution is -0.121. The Labute approximate surface area is 170 Å². The van der Waals surface area contributed by atoms with Gasteiger partial charge in [-0.25, -0.2) is 9.37 Å². The molecule has 0 aliphatic rings. The molecule has 0 saturated carbocycles. The number of rotatable bonds is 5. The molecule has 0 aliphatic heterocycles. The van der Waals surface area contributed by atoms with E-state index in [2.05, 4.69) is 10.3 Å². The van der Waals surface area contributed by atoms with E-state index in [1.807, 2.05) is 35.7 Å². The summed E-state index contributed by atoms with van der Waals surface area (Å²) in [5, 5.41) is 5.14. The van der Waals surface area contributed by atoms with Gasteiger partial charge in [-0.3, -0.25) is 14.2 Å². The molecule has 1 N–H and O–H groups in total. The molecule has 4 rings (SSSR count). The number of carbonyl (C=O) groups excluding carboxylic acids is 1. The molecule has 29 heavy (non-hydrogen) atoms. The number of thiophene rings is 1. The number of aromatic nitrogens is 2. The van der Waals surface area contributed by atoms with E-state index in [0.29, 0.717) is 21.3 Å². The molecule has 0 fully saturated rings. The molecule has 2 heterocycles. The average molecular weight is 407 g/mol. The van der Waals surface area contributed by atoms with Crippen LogP contribution in [0.2, 0.25) is 0 Å². The molecule has 0 bridgehead atoms. The highest BCUT2D eigenvalue weighted by Gasteiger charge is 2.14. The van der Waals surface area contributed by atoms with Crippen LogP contribution in [-0.2, 0) is 17.9 Å². The number of fused-ring (bicyclic) bond motifs is 1. The Hall–Kier alpha value is -3.32. The van der Waals surface area contributed by atoms with Crippen molar-refractivity contribution in [2.24, 2.45) is 0 Å². The van der Waals surface area contributed by atoms with Crippen LogP contribution in [0.3, 0.4) is 0 Å². The quantitative estimate of drug-likeness (QED) is 0.546. The maximum Gasteiger partial charge on any atom is 0.263 e. The van der Waals surface area contributed by atoms with Gasteiger partial charge < -0.3 is 5.32 Å². The number of aryl methyl sites for hydroxylation is 1. The lowest BCUT2D eigenvalue weighted by Crippen LogP contribution is -2.32. The zero-order valence-electron chi connectivity index (χ0n) is 15.7. The second kappa shape index (κ2) is 7.97. The highest BCUT2D eigenvalue weighted by Crippen LogP contribution is 2.30. The van der Waals surface area contributed by atoms with Gasteiger partial charge in [-0.15, -0.1) is 11.3 Å². The molecule has 1 amide bonds. The summed E-state index contributed by atoms with van der Waals surface area (Å²) in [4.78, 5) is 30.3. The lowest BCUT2D eigenvalue weighted by atomic mass is 10.1. The standard InChI is InChI=1S/C22H18FN3O2S/c1-14-7-8-15(9-18(14)23)10-24-19(27)11-26-13-25-21-20(22(26)28)17(12-29-21)16-5-3-2-4-6-16/h2-9,12-13H,10-11H2,1H3,(H,24,27). The van der Waals surface area contributed by atoms with Crippen molar-refractivity contribution in [1.29, 1.82) is 0 Å². The Balaban J connectivity index is 1.55. The Morgan fingerprint density at radius 2 is 2.00 bits per heavy atom. The third-order valence-corrected chi connectivity index (χ3v) is 5.57. The van der Waals surface area contributed by atoms with E-state index in [9.17, 15) is 14.0 Å². The van der Waals surface area contributed by atoms with E-state index in [1.165, 1.54) is 28.3 Å². The van der Waals surface area contributed by atoms with Crippen molar-refractivity contribution in [3.8, 4) is 11.1 Å². The van der Waals surface area contributed by atoms with Crippen LogP contribution in [0.5, 0.6) is 0 Å². The number of hydrogen-bond donors (Lipinski definition) is 1. The van der Waals surface area contributed by atoms with Crippen molar-refractivity contribution in [2.75, 3.05) is 0 Å². The first kappa shape index (κ1) is 19.0. The van der Waals surface area contributed by atoms with Crippen molar-refractivity contribution in [1.82, 2.24) is 14.9 Å². The molecule has 0 spiro atoms. The Kier molecular flexibility index (Phi) is 5.22. The SMILES string of the molecule is Cc1ccc(CNC(=O)Cn2cnc3scc(-c4ccccc4)c3c2=O)cc1F. The summed E-state index contributed by atoms with van der Waals surface area (Å²) in [5.74, 6) is -0.653. The first-order chi connectivity index (χ1) is 14.0. The lowest BCUT2D eigenvalue weighted by Gasteiger charge is -2.08. The first-order valence-electron chi connectivity index (χ1n) is 9.06. The number of nitrogens with one attached hydrogen (secondary N) is 1. The predicted octanol–water partition coefficient (Wildman–Crippen LogP) is 3.89. The van der Waals surface area contributed by atoms with Crippen LogP contribution in [0.25, 0.3) is 21.3 Å². The zero-order valence-corrected chi connectivity index (χ0v) is 16.5. The van der Waals surface area contributed by atoms with Gasteiger partial charge in [0.05, 0.1) is 11.7 Å². The molecule has 146 valence electrons. The monoisotopic (exact) mass is 407 g/mol. The third-order valence-electron chi connectivity index (χ3n) is 4.69. The summed E-state index contributed by atoms with van der Waals surface area (Å²) in [6, 6.07) is 14.4. The smallest absolute Gasteiger partial charge is 0.263 e. The summed E-state index contributed by atoms with van der Waals surface area (Å²) >= 11 is 1.40. The van der Waals surface area contributed by atoms with Crippen molar-refractivity contribution in [3.63, 3.8) is 0 Å². The van der Waals surface area contributed by atoms with Crippen LogP contribution in [0.1, 0.15) is 11.1 Å². The van der Waals surface area contributed by atoms with Crippen molar-refractivity contribution in [3.05, 3.63) is 87.5 Å². The van der Waals surface area contributed by atoms with Gasteiger partial charge in [-0.2, -0.15) is 0 Å². The van der Waals surface area contributed by atoms with E-state index in [-0.39, 0.29) is 30.4 Å². The average Bonchev–Trinajstić information content (AvgIpc) is 3.16. The molecular formula is C22H18FN3O2S. The number of hydrogen-bond acceptors (Lipinski definition) is 4. The molecule has 0 saturated heterocycles. The fourth-order valence-electron chi connectivity index (χ4n) is 3.07. The number of nitrogens with zero attached hydrogens (tertiary/aromatic N) is 2. The van der Waals surface area contributed by atoms with Gasteiger partial charge in [0.2, 0.25) is 5.91 Å². The van der Waals surface area contributed by atoms with E-state index >= 15 is 0 Å². The van der Waals surface area contributed by atoms with Gasteiger partial charge in [0, 0.05) is 17.5 Å². The number of carbonyl (C=O) groups is 1. The molecule has 7 heteroatoms. The molecular weight excluding hydrogens is 389 g/mol. The highest BCUT2D eigenvalue weighted by molar-refractivity contribution is 7.17. The molecule has 0 atom stereocenters. The maximum atomic E-state index is 13.6. The number of benzene rings is 2. The van der Waals surface area contributed by atoms with Crippen LogP contribution in [-0.4, -0.2) is 15.5 Å². The second-order valence-corrected chi connectivity index (χ2v) is 7.59. The van der Waals surface area contributed by atoms with E-state index < -0.39 is 0 Å². The predicted molar refractivity (Wildman–Crippen MR) is 112 cm³/mol. The van der Waals surface area contributed by atoms with Crippen LogP contribution < -0.4 is 10.9 Å². The van der Waals surface area contributed by atoms with Gasteiger partial charge in [0.15, 0.2) is 0 Å². The fourth-order valence-corrected chi connectivity index (χ4v) is 3.97. The van der Waals surface area contributed by atoms with Gasteiger partial charge in [-0.1, -0.05) is 42.5 Å². The normalized spacial score (nSPS) is 11.0. The van der Waals surface area contributed by atoms with Crippen LogP contribution >= 0.6 is 11.3 Å². The van der Waals surface area contributed by atoms with Crippen molar-refractivity contribution < 1.29 is 9.18 Å². The van der Waals surface area contributed by atoms with E-state index in [4.69, 9.17) is 0 Å². The highest BCUT2D eigenvalue weighted by atomic mass is 32.1. The molecule has 5 nitrogen and oxygen atoms in total. The summed E-state index contributed by atoms with van der Waals surface area (Å²) in [6.07, 6.45) is 1.39. The Bertz CT molecular complexity index is 1250. The van der Waals surface area contributed by atoms with Crippen LogP contribution in [0.15, 0.2) is 65.0 Å². The summed E-state index contributed by atoms with van der Waals surface area (Å²) in [7, 11) is 0. The number of amides is 1. The molecule has 2 aromatic heterocycles. The first-order valence-corrected chi connectivity index (χ1v) is 9.94. The van der Waals surface area contributed by atoms with Crippen LogP contribution in [0, 0.1) is 12.7 Å². The molecule has 4 aromatic rings. The van der Waals surface area contributed by atoms with E-state index in [1.54, 1.807) is 19.1 Å². The Morgan fingerprint density at radius 3 is 2.76 bits per heavy atom. The Morgan fingerprint density at radius 1 is 1.21 bits per heavy atom. The molecule has 0 aliphatic carbocycles. The summed E-state index contributed by atoms with van der Waals surface area (Å²) in [6.45, 7) is 1.72. The van der Waals surface area contributed by atoms with E-state index in [0.717, 1.165) is 11.1 Å². The zero-order chi connectivity index (χ0) is 20.4. The summed E-state index contributed by atoms with van der Waals surface area (Å²) < 4.78 is 14.9. The van der Waals surface area contributed by atoms with Gasteiger partial charge >= 0.3 is 0 Å². The second-order valence-electron chi connectivity index (χ2n) is 6.73. The largest absolute Gasteiger partial charge is 0.350 e. The molecule has 0 unspecified atom stereocenters. The summed E-state index contributed by atoms with van der Waals surface area (Å²) in [5.41, 5.74) is 2.70. The van der Waals surface area contributed by atoms with Crippen molar-refractivity contribution >= 4 is 27.5 Å². The topological polar surface area (TPSA) is 64.0 Å². The van der Waals surface area contributed by atoms with Crippen LogP contribution in [0.4, 0.5) is 4.39 Å². The van der Waals surface area contributed by atoms with Gasteiger partial charge in [0.25, 0.3) is 5.56 Å². The van der Waals surface area contributed by atoms with Gasteiger partial charge in [0.1, 0.15) is 17.2 Å². The maximum absolute atomic E-state index is 13.6.